The summed E-state index contributed by atoms with van der Waals surface area (Å²) in [5, 5.41) is 3.20. The van der Waals surface area contributed by atoms with E-state index in [4.69, 9.17) is 4.74 Å². The van der Waals surface area contributed by atoms with Gasteiger partial charge >= 0.3 is 0 Å². The number of carbonyl (C=O) groups is 2. The first-order chi connectivity index (χ1) is 14.1. The van der Waals surface area contributed by atoms with Gasteiger partial charge in [-0.1, -0.05) is 24.3 Å². The fourth-order valence-corrected chi connectivity index (χ4v) is 4.04. The second kappa shape index (κ2) is 8.66. The molecule has 0 aliphatic carbocycles. The van der Waals surface area contributed by atoms with Crippen LogP contribution in [0.2, 0.25) is 0 Å². The summed E-state index contributed by atoms with van der Waals surface area (Å²) in [5.74, 6) is 0.0383. The van der Waals surface area contributed by atoms with Crippen LogP contribution in [0, 0.1) is 0 Å². The zero-order valence-corrected chi connectivity index (χ0v) is 16.8. The quantitative estimate of drug-likeness (QED) is 0.868. The molecule has 1 atom stereocenters. The first-order valence-corrected chi connectivity index (χ1v) is 10.2. The lowest BCUT2D eigenvalue weighted by atomic mass is 9.96. The summed E-state index contributed by atoms with van der Waals surface area (Å²) in [6, 6.07) is 15.6. The van der Waals surface area contributed by atoms with Gasteiger partial charge in [0.05, 0.1) is 19.8 Å². The summed E-state index contributed by atoms with van der Waals surface area (Å²) in [7, 11) is 0. The largest absolute Gasteiger partial charge is 0.378 e. The van der Waals surface area contributed by atoms with Crippen LogP contribution in [0.1, 0.15) is 29.3 Å². The van der Waals surface area contributed by atoms with E-state index in [0.717, 1.165) is 24.2 Å². The van der Waals surface area contributed by atoms with Gasteiger partial charge in [0.1, 0.15) is 0 Å². The number of amides is 2. The average Bonchev–Trinajstić information content (AvgIpc) is 2.77. The van der Waals surface area contributed by atoms with Gasteiger partial charge in [-0.3, -0.25) is 9.59 Å². The van der Waals surface area contributed by atoms with Crippen LogP contribution in [0.15, 0.2) is 48.5 Å². The van der Waals surface area contributed by atoms with Crippen molar-refractivity contribution in [2.75, 3.05) is 43.1 Å². The van der Waals surface area contributed by atoms with Crippen LogP contribution in [0.25, 0.3) is 0 Å². The molecule has 0 aromatic heterocycles. The minimum Gasteiger partial charge on any atom is -0.378 e. The molecule has 4 rings (SSSR count). The van der Waals surface area contributed by atoms with Crippen molar-refractivity contribution in [1.29, 1.82) is 0 Å². The fourth-order valence-electron chi connectivity index (χ4n) is 4.04. The molecule has 2 aromatic rings. The van der Waals surface area contributed by atoms with Crippen molar-refractivity contribution in [3.8, 4) is 0 Å². The van der Waals surface area contributed by atoms with Crippen molar-refractivity contribution in [2.24, 2.45) is 0 Å². The van der Waals surface area contributed by atoms with Crippen LogP contribution in [-0.4, -0.2) is 55.6 Å². The van der Waals surface area contributed by atoms with E-state index in [9.17, 15) is 9.59 Å². The van der Waals surface area contributed by atoms with Gasteiger partial charge in [0.2, 0.25) is 5.91 Å². The maximum Gasteiger partial charge on any atom is 0.254 e. The lowest BCUT2D eigenvalue weighted by Gasteiger charge is -2.35. The molecule has 6 heteroatoms. The maximum atomic E-state index is 13.0. The molecule has 29 heavy (non-hydrogen) atoms. The molecule has 0 saturated carbocycles. The molecule has 2 heterocycles. The van der Waals surface area contributed by atoms with Gasteiger partial charge in [0.15, 0.2) is 0 Å². The Hall–Kier alpha value is -2.86. The summed E-state index contributed by atoms with van der Waals surface area (Å²) in [6.07, 6.45) is 1.96. The van der Waals surface area contributed by atoms with E-state index in [1.807, 2.05) is 47.4 Å². The summed E-state index contributed by atoms with van der Waals surface area (Å²) in [5.41, 5.74) is 3.63. The molecule has 2 amide bonds. The second-order valence-electron chi connectivity index (χ2n) is 7.62. The zero-order valence-electron chi connectivity index (χ0n) is 16.8. The molecule has 2 aliphatic heterocycles. The Morgan fingerprint density at radius 2 is 1.90 bits per heavy atom. The van der Waals surface area contributed by atoms with E-state index in [1.165, 1.54) is 5.56 Å². The van der Waals surface area contributed by atoms with Crippen LogP contribution in [0.4, 0.5) is 11.4 Å². The summed E-state index contributed by atoms with van der Waals surface area (Å²) in [6.45, 7) is 4.66. The number of hydrogen-bond acceptors (Lipinski definition) is 4. The highest BCUT2D eigenvalue weighted by atomic mass is 16.5. The van der Waals surface area contributed by atoms with Crippen molar-refractivity contribution in [3.05, 3.63) is 59.7 Å². The Labute approximate surface area is 171 Å². The molecule has 0 radical (unpaired) electrons. The summed E-state index contributed by atoms with van der Waals surface area (Å²) in [4.78, 5) is 29.4. The molecule has 2 aromatic carbocycles. The third-order valence-corrected chi connectivity index (χ3v) is 5.64. The predicted molar refractivity (Wildman–Crippen MR) is 113 cm³/mol. The molecule has 1 unspecified atom stereocenters. The highest BCUT2D eigenvalue weighted by Gasteiger charge is 2.27. The monoisotopic (exact) mass is 393 g/mol. The lowest BCUT2D eigenvalue weighted by molar-refractivity contribution is -0.117. The lowest BCUT2D eigenvalue weighted by Crippen LogP contribution is -2.44. The standard InChI is InChI=1S/C23H27N3O3/c1-17-9-10-18-5-2-3-8-21(18)26(17)22(27)16-24-20-7-4-6-19(15-20)23(28)25-11-13-29-14-12-25/h2-8,15,17,24H,9-14,16H2,1H3. The Morgan fingerprint density at radius 1 is 1.10 bits per heavy atom. The van der Waals surface area contributed by atoms with Crippen LogP contribution in [0.3, 0.4) is 0 Å². The molecule has 6 nitrogen and oxygen atoms in total. The van der Waals surface area contributed by atoms with Gasteiger partial charge < -0.3 is 19.9 Å². The van der Waals surface area contributed by atoms with Crippen LogP contribution >= 0.6 is 0 Å². The molecule has 152 valence electrons. The molecule has 1 saturated heterocycles. The number of nitrogens with one attached hydrogen (secondary N) is 1. The molecule has 0 spiro atoms. The highest BCUT2D eigenvalue weighted by Crippen LogP contribution is 2.30. The highest BCUT2D eigenvalue weighted by molar-refractivity contribution is 5.98. The molecule has 1 N–H and O–H groups in total. The summed E-state index contributed by atoms with van der Waals surface area (Å²) < 4.78 is 5.32. The van der Waals surface area contributed by atoms with Crippen LogP contribution in [0.5, 0.6) is 0 Å². The van der Waals surface area contributed by atoms with Gasteiger partial charge in [-0.2, -0.15) is 0 Å². The minimum absolute atomic E-state index is 0.00172. The van der Waals surface area contributed by atoms with E-state index in [-0.39, 0.29) is 24.4 Å². The van der Waals surface area contributed by atoms with Crippen molar-refractivity contribution in [1.82, 2.24) is 4.90 Å². The normalized spacial score (nSPS) is 18.9. The number of morpholine rings is 1. The SMILES string of the molecule is CC1CCc2ccccc2N1C(=O)CNc1cccc(C(=O)N2CCOCC2)c1. The minimum atomic E-state index is 0.00172. The number of ether oxygens (including phenoxy) is 1. The molecule has 2 aliphatic rings. The molecule has 0 bridgehead atoms. The number of hydrogen-bond donors (Lipinski definition) is 1. The Balaban J connectivity index is 1.43. The van der Waals surface area contributed by atoms with E-state index >= 15 is 0 Å². The average molecular weight is 393 g/mol. The maximum absolute atomic E-state index is 13.0. The molecular formula is C23H27N3O3. The first kappa shape index (κ1) is 19.5. The number of para-hydroxylation sites is 1. The topological polar surface area (TPSA) is 61.9 Å². The number of rotatable bonds is 4. The molecule has 1 fully saturated rings. The second-order valence-corrected chi connectivity index (χ2v) is 7.62. The van der Waals surface area contributed by atoms with Gasteiger partial charge in [0, 0.05) is 36.1 Å². The number of nitrogens with zero attached hydrogens (tertiary/aromatic N) is 2. The van der Waals surface area contributed by atoms with Crippen molar-refractivity contribution in [3.63, 3.8) is 0 Å². The Kier molecular flexibility index (Phi) is 5.81. The van der Waals surface area contributed by atoms with Gasteiger partial charge in [-0.15, -0.1) is 0 Å². The Bertz CT molecular complexity index is 892. The number of carbonyl (C=O) groups excluding carboxylic acids is 2. The Morgan fingerprint density at radius 3 is 2.72 bits per heavy atom. The first-order valence-electron chi connectivity index (χ1n) is 10.2. The molecular weight excluding hydrogens is 366 g/mol. The van der Waals surface area contributed by atoms with E-state index in [2.05, 4.69) is 18.3 Å². The van der Waals surface area contributed by atoms with Gasteiger partial charge in [0.25, 0.3) is 5.91 Å². The predicted octanol–water partition coefficient (Wildman–Crippen LogP) is 2.94. The smallest absolute Gasteiger partial charge is 0.254 e. The number of fused-ring (bicyclic) bond motifs is 1. The third-order valence-electron chi connectivity index (χ3n) is 5.64. The zero-order chi connectivity index (χ0) is 20.2. The number of benzene rings is 2. The van der Waals surface area contributed by atoms with Crippen molar-refractivity contribution in [2.45, 2.75) is 25.8 Å². The van der Waals surface area contributed by atoms with Crippen LogP contribution in [-0.2, 0) is 16.0 Å². The van der Waals surface area contributed by atoms with Gasteiger partial charge in [-0.25, -0.2) is 0 Å². The van der Waals surface area contributed by atoms with E-state index in [0.29, 0.717) is 31.9 Å². The number of aryl methyl sites for hydroxylation is 1. The van der Waals surface area contributed by atoms with Crippen molar-refractivity contribution >= 4 is 23.2 Å². The van der Waals surface area contributed by atoms with E-state index < -0.39 is 0 Å². The fraction of sp³-hybridized carbons (Fsp3) is 0.391. The summed E-state index contributed by atoms with van der Waals surface area (Å²) >= 11 is 0. The third kappa shape index (κ3) is 4.27. The van der Waals surface area contributed by atoms with Crippen LogP contribution < -0.4 is 10.2 Å². The van der Waals surface area contributed by atoms with Gasteiger partial charge in [-0.05, 0) is 49.6 Å². The van der Waals surface area contributed by atoms with Crippen molar-refractivity contribution < 1.29 is 14.3 Å². The number of anilines is 2. The van der Waals surface area contributed by atoms with E-state index in [1.54, 1.807) is 4.90 Å².